The van der Waals surface area contributed by atoms with Crippen LogP contribution < -0.4 is 10.2 Å². The van der Waals surface area contributed by atoms with Gasteiger partial charge < -0.3 is 5.32 Å². The van der Waals surface area contributed by atoms with Crippen molar-refractivity contribution in [2.45, 2.75) is 45.2 Å². The molecule has 0 saturated carbocycles. The summed E-state index contributed by atoms with van der Waals surface area (Å²) in [5.41, 5.74) is 1.57. The maximum absolute atomic E-state index is 13.7. The highest BCUT2D eigenvalue weighted by Gasteiger charge is 2.54. The van der Waals surface area contributed by atoms with Crippen LogP contribution in [0.1, 0.15) is 43.7 Å². The van der Waals surface area contributed by atoms with E-state index in [9.17, 15) is 27.6 Å². The van der Waals surface area contributed by atoms with E-state index in [0.717, 1.165) is 65.2 Å². The molecule has 3 aliphatic rings. The number of fused-ring (bicyclic) bond motifs is 2. The molecule has 37 heavy (non-hydrogen) atoms. The fourth-order valence-electron chi connectivity index (χ4n) is 4.94. The van der Waals surface area contributed by atoms with E-state index in [-0.39, 0.29) is 11.6 Å². The second-order valence-electron chi connectivity index (χ2n) is 9.22. The zero-order valence-corrected chi connectivity index (χ0v) is 20.9. The minimum atomic E-state index is -4.55. The van der Waals surface area contributed by atoms with Crippen LogP contribution in [0, 0.1) is 5.92 Å². The van der Waals surface area contributed by atoms with Crippen LogP contribution in [0.3, 0.4) is 0 Å². The highest BCUT2D eigenvalue weighted by atomic mass is 32.2. The molecule has 0 aromatic heterocycles. The maximum Gasteiger partial charge on any atom is 0.507 e. The average Bonchev–Trinajstić information content (AvgIpc) is 3.26. The summed E-state index contributed by atoms with van der Waals surface area (Å²) in [6.45, 7) is 1.58. The molecule has 1 atom stereocenters. The first kappa shape index (κ1) is 25.3. The van der Waals surface area contributed by atoms with Crippen LogP contribution in [-0.4, -0.2) is 34.0 Å². The van der Waals surface area contributed by atoms with Crippen molar-refractivity contribution in [2.75, 3.05) is 16.8 Å². The Morgan fingerprint density at radius 2 is 1.84 bits per heavy atom. The van der Waals surface area contributed by atoms with Crippen molar-refractivity contribution in [1.29, 1.82) is 0 Å². The van der Waals surface area contributed by atoms with Crippen molar-refractivity contribution < 1.29 is 32.1 Å². The fourth-order valence-corrected chi connectivity index (χ4v) is 6.41. The quantitative estimate of drug-likeness (QED) is 0.485. The number of hydrogen-bond donors (Lipinski definition) is 1. The summed E-state index contributed by atoms with van der Waals surface area (Å²) in [7, 11) is 0. The van der Waals surface area contributed by atoms with Crippen molar-refractivity contribution in [2.24, 2.45) is 5.92 Å². The Balaban J connectivity index is 1.48. The Kier molecular flexibility index (Phi) is 6.70. The zero-order valence-electron chi connectivity index (χ0n) is 20.1. The summed E-state index contributed by atoms with van der Waals surface area (Å²) in [4.78, 5) is 42.5. The molecule has 5 rings (SSSR count). The summed E-state index contributed by atoms with van der Waals surface area (Å²) in [5, 5.41) is 2.98. The largest absolute Gasteiger partial charge is 0.507 e. The third-order valence-electron chi connectivity index (χ3n) is 6.82. The second-order valence-corrected chi connectivity index (χ2v) is 10.3. The van der Waals surface area contributed by atoms with E-state index in [4.69, 9.17) is 0 Å². The van der Waals surface area contributed by atoms with Crippen molar-refractivity contribution in [3.8, 4) is 0 Å². The molecule has 10 heteroatoms. The fraction of sp³-hybridized carbons (Fsp3) is 0.333. The zero-order chi connectivity index (χ0) is 26.3. The van der Waals surface area contributed by atoms with Crippen molar-refractivity contribution >= 4 is 46.0 Å². The Labute approximate surface area is 216 Å². The number of urea groups is 1. The van der Waals surface area contributed by atoms with Gasteiger partial charge in [-0.15, -0.1) is 4.90 Å². The number of nitrogens with zero attached hydrogens (tertiary/aromatic N) is 2. The lowest BCUT2D eigenvalue weighted by Gasteiger charge is -2.26. The summed E-state index contributed by atoms with van der Waals surface area (Å²) in [6.07, 6.45) is -0.235. The molecule has 2 aliphatic heterocycles. The van der Waals surface area contributed by atoms with Crippen molar-refractivity contribution in [3.63, 3.8) is 0 Å². The summed E-state index contributed by atoms with van der Waals surface area (Å²) in [6, 6.07) is 10.8. The van der Waals surface area contributed by atoms with Gasteiger partial charge in [0.15, 0.2) is 17.5 Å². The van der Waals surface area contributed by atoms with E-state index in [1.807, 2.05) is 19.1 Å². The first-order valence-corrected chi connectivity index (χ1v) is 13.0. The predicted molar refractivity (Wildman–Crippen MR) is 135 cm³/mol. The molecule has 0 bridgehead atoms. The summed E-state index contributed by atoms with van der Waals surface area (Å²) >= 11 is 1.38. The summed E-state index contributed by atoms with van der Waals surface area (Å²) < 4.78 is 40.6. The Bertz CT molecular complexity index is 1350. The lowest BCUT2D eigenvalue weighted by molar-refractivity contribution is -0.414. The standard InChI is InChI=1S/C27H24F3N3O3S/c1-2-16-10-12-19(13-11-16)33-24(35)23-20-8-3-4-9-21(20)37-25(23)32(26(33)36)15-22(34)31-18-7-5-6-17(14-18)27(28,29)30/h5-7,10-14,23H,2-4,8-9,15H2,1H3/p+1. The first-order chi connectivity index (χ1) is 17.7. The molecule has 0 spiro atoms. The average molecular weight is 529 g/mol. The number of hydrogen-bond acceptors (Lipinski definition) is 4. The number of amides is 4. The van der Waals surface area contributed by atoms with Crippen LogP contribution >= 0.6 is 11.8 Å². The van der Waals surface area contributed by atoms with E-state index < -0.39 is 36.1 Å². The lowest BCUT2D eigenvalue weighted by atomic mass is 9.88. The van der Waals surface area contributed by atoms with Gasteiger partial charge in [0.25, 0.3) is 5.91 Å². The number of rotatable bonds is 5. The smallest absolute Gasteiger partial charge is 0.323 e. The number of thioether (sulfide) groups is 1. The second kappa shape index (κ2) is 9.81. The molecule has 2 aromatic rings. The Morgan fingerprint density at radius 3 is 2.54 bits per heavy atom. The topological polar surface area (TPSA) is 69.5 Å². The number of anilines is 2. The monoisotopic (exact) mass is 528 g/mol. The molecule has 1 unspecified atom stereocenters. The molecular weight excluding hydrogens is 503 g/mol. The van der Waals surface area contributed by atoms with Crippen LogP contribution in [0.4, 0.5) is 29.3 Å². The summed E-state index contributed by atoms with van der Waals surface area (Å²) in [5.74, 6) is -1.62. The van der Waals surface area contributed by atoms with Gasteiger partial charge in [-0.05, 0) is 78.5 Å². The van der Waals surface area contributed by atoms with Gasteiger partial charge in [0.1, 0.15) is 5.69 Å². The molecule has 0 saturated heterocycles. The van der Waals surface area contributed by atoms with Gasteiger partial charge in [0.2, 0.25) is 0 Å². The molecule has 1 N–H and O–H groups in total. The molecule has 4 amide bonds. The van der Waals surface area contributed by atoms with E-state index in [1.165, 1.54) is 28.5 Å². The van der Waals surface area contributed by atoms with Gasteiger partial charge in [-0.2, -0.15) is 22.5 Å². The number of imide groups is 1. The number of alkyl halides is 3. The van der Waals surface area contributed by atoms with Crippen LogP contribution in [0.25, 0.3) is 0 Å². The van der Waals surface area contributed by atoms with Gasteiger partial charge in [0, 0.05) is 5.69 Å². The van der Waals surface area contributed by atoms with Crippen molar-refractivity contribution in [3.05, 3.63) is 70.1 Å². The molecular formula is C27H25F3N3O3S+. The molecule has 0 radical (unpaired) electrons. The minimum absolute atomic E-state index is 0.0228. The molecule has 192 valence electrons. The minimum Gasteiger partial charge on any atom is -0.323 e. The Morgan fingerprint density at radius 1 is 1.11 bits per heavy atom. The number of nitrogens with one attached hydrogen (secondary N) is 1. The molecule has 2 heterocycles. The van der Waals surface area contributed by atoms with Crippen LogP contribution in [0.2, 0.25) is 0 Å². The Hall–Kier alpha value is -3.40. The third-order valence-corrected chi connectivity index (χ3v) is 8.19. The van der Waals surface area contributed by atoms with E-state index in [0.29, 0.717) is 10.7 Å². The van der Waals surface area contributed by atoms with E-state index in [1.54, 1.807) is 12.1 Å². The normalized spacial score (nSPS) is 19.8. The number of benzene rings is 2. The van der Waals surface area contributed by atoms with Crippen LogP contribution in [0.5, 0.6) is 0 Å². The highest BCUT2D eigenvalue weighted by molar-refractivity contribution is 8.17. The lowest BCUT2D eigenvalue weighted by Crippen LogP contribution is -2.55. The number of allylic oxidation sites excluding steroid dienone is 1. The van der Waals surface area contributed by atoms with Crippen LogP contribution in [0.15, 0.2) is 59.0 Å². The van der Waals surface area contributed by atoms with Gasteiger partial charge in [-0.25, -0.2) is 4.79 Å². The van der Waals surface area contributed by atoms with Crippen molar-refractivity contribution in [1.82, 2.24) is 0 Å². The van der Waals surface area contributed by atoms with E-state index >= 15 is 0 Å². The highest BCUT2D eigenvalue weighted by Crippen LogP contribution is 2.48. The van der Waals surface area contributed by atoms with Gasteiger partial charge in [0.05, 0.1) is 5.56 Å². The number of carbonyl (C=O) groups excluding carboxylic acids is 3. The molecule has 0 fully saturated rings. The number of aryl methyl sites for hydroxylation is 1. The molecule has 1 aliphatic carbocycles. The van der Waals surface area contributed by atoms with Gasteiger partial charge >= 0.3 is 18.1 Å². The van der Waals surface area contributed by atoms with E-state index in [2.05, 4.69) is 5.32 Å². The van der Waals surface area contributed by atoms with Gasteiger partial charge in [-0.1, -0.05) is 36.9 Å². The molecule has 2 aromatic carbocycles. The third kappa shape index (κ3) is 4.82. The van der Waals surface area contributed by atoms with Crippen LogP contribution in [-0.2, 0) is 22.2 Å². The maximum atomic E-state index is 13.7. The predicted octanol–water partition coefficient (Wildman–Crippen LogP) is 5.98. The number of carbonyl (C=O) groups is 3. The van der Waals surface area contributed by atoms with Gasteiger partial charge in [-0.3, -0.25) is 4.79 Å². The SMILES string of the molecule is CCc1ccc(N2C(=O)C3C4=C(CCCC4)SC3=[N+](CC(=O)Nc3cccc(C(F)(F)F)c3)C2=O)cc1. The number of halogens is 3. The first-order valence-electron chi connectivity index (χ1n) is 12.2. The molecule has 6 nitrogen and oxygen atoms in total.